The lowest BCUT2D eigenvalue weighted by Gasteiger charge is -2.42. The van der Waals surface area contributed by atoms with Crippen LogP contribution in [0.3, 0.4) is 0 Å². The molecule has 1 saturated heterocycles. The number of carbonyl (C=O) groups excluding carboxylic acids is 2. The van der Waals surface area contributed by atoms with E-state index in [0.717, 1.165) is 12.5 Å². The number of amides is 1. The molecule has 15 heavy (non-hydrogen) atoms. The highest BCUT2D eigenvalue weighted by Crippen LogP contribution is 2.42. The lowest BCUT2D eigenvalue weighted by atomic mass is 9.67. The molecule has 0 aromatic rings. The van der Waals surface area contributed by atoms with Crippen LogP contribution in [0.1, 0.15) is 39.5 Å². The Morgan fingerprint density at radius 3 is 2.40 bits per heavy atom. The third kappa shape index (κ3) is 1.92. The summed E-state index contributed by atoms with van der Waals surface area (Å²) in [5.74, 6) is 0.266. The molecule has 0 aromatic heterocycles. The number of nitrogens with zero attached hydrogens (tertiary/aromatic N) is 1. The zero-order chi connectivity index (χ0) is 11.1. The lowest BCUT2D eigenvalue weighted by Crippen LogP contribution is -2.42. The van der Waals surface area contributed by atoms with Gasteiger partial charge in [-0.25, -0.2) is 0 Å². The van der Waals surface area contributed by atoms with Crippen LogP contribution in [0.4, 0.5) is 0 Å². The Morgan fingerprint density at radius 2 is 2.00 bits per heavy atom. The number of carbonyl (C=O) groups is 2. The molecule has 1 aliphatic heterocycles. The van der Waals surface area contributed by atoms with Crippen molar-refractivity contribution in [3.63, 3.8) is 0 Å². The van der Waals surface area contributed by atoms with Gasteiger partial charge in [0.2, 0.25) is 5.78 Å². The molecule has 2 fully saturated rings. The fourth-order valence-corrected chi connectivity index (χ4v) is 2.58. The van der Waals surface area contributed by atoms with Gasteiger partial charge >= 0.3 is 0 Å². The van der Waals surface area contributed by atoms with E-state index in [4.69, 9.17) is 0 Å². The number of hydrogen-bond donors (Lipinski definition) is 0. The van der Waals surface area contributed by atoms with Crippen LogP contribution in [0.25, 0.3) is 0 Å². The second kappa shape index (κ2) is 3.62. The van der Waals surface area contributed by atoms with E-state index in [9.17, 15) is 9.59 Å². The van der Waals surface area contributed by atoms with Gasteiger partial charge in [-0.15, -0.1) is 0 Å². The molecule has 2 rings (SSSR count). The van der Waals surface area contributed by atoms with Crippen molar-refractivity contribution in [2.75, 3.05) is 13.1 Å². The fraction of sp³-hybridized carbons (Fsp3) is 0.833. The van der Waals surface area contributed by atoms with Crippen LogP contribution in [-0.2, 0) is 9.59 Å². The quantitative estimate of drug-likeness (QED) is 0.662. The highest BCUT2D eigenvalue weighted by molar-refractivity contribution is 6.37. The van der Waals surface area contributed by atoms with Crippen molar-refractivity contribution < 1.29 is 9.59 Å². The van der Waals surface area contributed by atoms with Crippen molar-refractivity contribution in [3.05, 3.63) is 0 Å². The third-order valence-electron chi connectivity index (χ3n) is 3.94. The zero-order valence-corrected chi connectivity index (χ0v) is 9.58. The molecule has 1 aliphatic carbocycles. The molecule has 0 radical (unpaired) electrons. The average Bonchev–Trinajstić information content (AvgIpc) is 2.31. The molecule has 3 nitrogen and oxygen atoms in total. The number of Topliss-reactive ketones (excluding diaryl/α,β-unsaturated/α-hetero) is 1. The molecule has 0 atom stereocenters. The van der Waals surface area contributed by atoms with E-state index < -0.39 is 0 Å². The Kier molecular flexibility index (Phi) is 2.57. The summed E-state index contributed by atoms with van der Waals surface area (Å²) in [4.78, 5) is 24.4. The second-order valence-corrected chi connectivity index (χ2v) is 5.52. The van der Waals surface area contributed by atoms with E-state index in [0.29, 0.717) is 13.0 Å². The van der Waals surface area contributed by atoms with Crippen LogP contribution in [0.15, 0.2) is 0 Å². The Balaban J connectivity index is 1.96. The topological polar surface area (TPSA) is 37.4 Å². The van der Waals surface area contributed by atoms with Gasteiger partial charge in [0.15, 0.2) is 0 Å². The van der Waals surface area contributed by atoms with Gasteiger partial charge in [0, 0.05) is 19.5 Å². The summed E-state index contributed by atoms with van der Waals surface area (Å²) in [6.45, 7) is 5.82. The molecular formula is C12H19NO2. The average molecular weight is 209 g/mol. The Bertz CT molecular complexity index is 292. The predicted molar refractivity (Wildman–Crippen MR) is 57.3 cm³/mol. The molecule has 3 heteroatoms. The second-order valence-electron chi connectivity index (χ2n) is 5.52. The maximum Gasteiger partial charge on any atom is 0.290 e. The molecule has 0 spiro atoms. The minimum Gasteiger partial charge on any atom is -0.335 e. The fourth-order valence-electron chi connectivity index (χ4n) is 2.58. The molecule has 0 unspecified atom stereocenters. The van der Waals surface area contributed by atoms with Gasteiger partial charge in [-0.2, -0.15) is 0 Å². The summed E-state index contributed by atoms with van der Waals surface area (Å²) >= 11 is 0. The van der Waals surface area contributed by atoms with Crippen molar-refractivity contribution >= 4 is 11.7 Å². The molecule has 1 heterocycles. The Hall–Kier alpha value is -0.860. The summed E-state index contributed by atoms with van der Waals surface area (Å²) in [6.07, 6.45) is 4.30. The van der Waals surface area contributed by atoms with E-state index in [1.807, 2.05) is 0 Å². The van der Waals surface area contributed by atoms with Crippen LogP contribution in [0.2, 0.25) is 0 Å². The van der Waals surface area contributed by atoms with E-state index in [-0.39, 0.29) is 17.1 Å². The van der Waals surface area contributed by atoms with E-state index >= 15 is 0 Å². The Morgan fingerprint density at radius 1 is 1.33 bits per heavy atom. The molecule has 0 aromatic carbocycles. The molecular weight excluding hydrogens is 190 g/mol. The van der Waals surface area contributed by atoms with E-state index in [2.05, 4.69) is 13.8 Å². The van der Waals surface area contributed by atoms with Crippen LogP contribution < -0.4 is 0 Å². The van der Waals surface area contributed by atoms with Crippen LogP contribution in [0, 0.1) is 11.3 Å². The smallest absolute Gasteiger partial charge is 0.290 e. The van der Waals surface area contributed by atoms with Crippen molar-refractivity contribution in [1.29, 1.82) is 0 Å². The van der Waals surface area contributed by atoms with Gasteiger partial charge in [-0.3, -0.25) is 9.59 Å². The minimum absolute atomic E-state index is 0.179. The maximum absolute atomic E-state index is 11.5. The van der Waals surface area contributed by atoms with Crippen LogP contribution in [0.5, 0.6) is 0 Å². The normalized spacial score (nSPS) is 23.5. The third-order valence-corrected chi connectivity index (χ3v) is 3.94. The zero-order valence-electron chi connectivity index (χ0n) is 9.58. The number of rotatable bonds is 3. The molecule has 1 amide bonds. The van der Waals surface area contributed by atoms with Crippen LogP contribution >= 0.6 is 0 Å². The van der Waals surface area contributed by atoms with Crippen molar-refractivity contribution in [1.82, 2.24) is 4.90 Å². The first-order valence-electron chi connectivity index (χ1n) is 5.83. The number of hydrogen-bond acceptors (Lipinski definition) is 2. The predicted octanol–water partition coefficient (Wildman–Crippen LogP) is 1.61. The Labute approximate surface area is 90.8 Å². The lowest BCUT2D eigenvalue weighted by molar-refractivity contribution is -0.141. The first-order valence-corrected chi connectivity index (χ1v) is 5.83. The first-order chi connectivity index (χ1) is 7.00. The number of likely N-dealkylation sites (tertiary alicyclic amines) is 1. The van der Waals surface area contributed by atoms with Gasteiger partial charge in [0.1, 0.15) is 0 Å². The van der Waals surface area contributed by atoms with Gasteiger partial charge in [-0.1, -0.05) is 20.3 Å². The molecule has 1 saturated carbocycles. The molecule has 2 aliphatic rings. The van der Waals surface area contributed by atoms with Crippen molar-refractivity contribution in [2.24, 2.45) is 11.3 Å². The summed E-state index contributed by atoms with van der Waals surface area (Å²) < 4.78 is 0. The standard InChI is InChI=1S/C12H19NO2/c1-12(2,9-4-3-5-9)8-13-7-6-10(14)11(13)15/h9H,3-8H2,1-2H3. The highest BCUT2D eigenvalue weighted by atomic mass is 16.2. The van der Waals surface area contributed by atoms with E-state index in [1.54, 1.807) is 4.90 Å². The largest absolute Gasteiger partial charge is 0.335 e. The molecule has 84 valence electrons. The molecule has 0 N–H and O–H groups in total. The molecule has 0 bridgehead atoms. The van der Waals surface area contributed by atoms with Gasteiger partial charge in [0.25, 0.3) is 5.91 Å². The first kappa shape index (κ1) is 10.7. The van der Waals surface area contributed by atoms with Crippen molar-refractivity contribution in [3.8, 4) is 0 Å². The minimum atomic E-state index is -0.262. The van der Waals surface area contributed by atoms with E-state index in [1.165, 1.54) is 19.3 Å². The SMILES string of the molecule is CC(C)(CN1CCC(=O)C1=O)C1CCC1. The van der Waals surface area contributed by atoms with Gasteiger partial charge < -0.3 is 4.90 Å². The summed E-state index contributed by atoms with van der Waals surface area (Å²) in [5.41, 5.74) is 0.179. The maximum atomic E-state index is 11.5. The van der Waals surface area contributed by atoms with Gasteiger partial charge in [0.05, 0.1) is 0 Å². The summed E-state index contributed by atoms with van der Waals surface area (Å²) in [7, 11) is 0. The van der Waals surface area contributed by atoms with Crippen molar-refractivity contribution in [2.45, 2.75) is 39.5 Å². The monoisotopic (exact) mass is 209 g/mol. The van der Waals surface area contributed by atoms with Gasteiger partial charge in [-0.05, 0) is 24.2 Å². The summed E-state index contributed by atoms with van der Waals surface area (Å²) in [5, 5.41) is 0. The number of ketones is 1. The van der Waals surface area contributed by atoms with Crippen LogP contribution in [-0.4, -0.2) is 29.7 Å². The highest BCUT2D eigenvalue weighted by Gasteiger charge is 2.39. The summed E-state index contributed by atoms with van der Waals surface area (Å²) in [6, 6.07) is 0.